The lowest BCUT2D eigenvalue weighted by Crippen LogP contribution is -2.37. The van der Waals surface area contributed by atoms with Gasteiger partial charge in [0.2, 0.25) is 0 Å². The van der Waals surface area contributed by atoms with Crippen LogP contribution in [0.2, 0.25) is 0 Å². The Hall–Kier alpha value is -1.16. The van der Waals surface area contributed by atoms with Crippen LogP contribution in [-0.4, -0.2) is 36.1 Å². The molecule has 1 N–H and O–H groups in total. The molecule has 0 radical (unpaired) electrons. The average molecular weight is 199 g/mol. The zero-order valence-corrected chi connectivity index (χ0v) is 8.33. The van der Waals surface area contributed by atoms with Crippen molar-refractivity contribution in [2.24, 2.45) is 0 Å². The summed E-state index contributed by atoms with van der Waals surface area (Å²) in [6.45, 7) is 0. The first-order valence-corrected chi connectivity index (χ1v) is 4.48. The quantitative estimate of drug-likeness (QED) is 0.750. The maximum atomic E-state index is 13.4. The molecule has 78 valence electrons. The number of hydrogen-bond donors (Lipinski definition) is 1. The monoisotopic (exact) mass is 199 g/mol. The zero-order valence-electron chi connectivity index (χ0n) is 8.33. The molecule has 0 aromatic rings. The normalized spacial score (nSPS) is 18.9. The highest BCUT2D eigenvalue weighted by atomic mass is 19.1. The molecule has 1 aliphatic carbocycles. The Morgan fingerprint density at radius 1 is 1.64 bits per heavy atom. The number of likely N-dealkylation sites (N-methyl/N-ethyl adjacent to an activating group) is 1. The molecule has 0 unspecified atom stereocenters. The van der Waals surface area contributed by atoms with Gasteiger partial charge in [-0.15, -0.1) is 0 Å². The largest absolute Gasteiger partial charge is 0.480 e. The molecule has 14 heavy (non-hydrogen) atoms. The topological polar surface area (TPSA) is 40.5 Å². The van der Waals surface area contributed by atoms with E-state index in [0.29, 0.717) is 12.8 Å². The second kappa shape index (κ2) is 4.37. The Bertz CT molecular complexity index is 294. The van der Waals surface area contributed by atoms with E-state index in [0.717, 1.165) is 0 Å². The van der Waals surface area contributed by atoms with Crippen molar-refractivity contribution >= 4 is 5.97 Å². The van der Waals surface area contributed by atoms with E-state index in [-0.39, 0.29) is 11.4 Å². The first-order chi connectivity index (χ1) is 6.54. The highest BCUT2D eigenvalue weighted by Gasteiger charge is 2.26. The summed E-state index contributed by atoms with van der Waals surface area (Å²) in [5.41, 5.74) is 0.272. The maximum Gasteiger partial charge on any atom is 0.325 e. The van der Waals surface area contributed by atoms with Crippen LogP contribution in [0.4, 0.5) is 4.39 Å². The van der Waals surface area contributed by atoms with E-state index in [4.69, 9.17) is 5.11 Å². The summed E-state index contributed by atoms with van der Waals surface area (Å²) in [6.07, 6.45) is 4.33. The number of hydrogen-bond acceptors (Lipinski definition) is 2. The molecule has 0 aliphatic heterocycles. The molecule has 4 heteroatoms. The summed E-state index contributed by atoms with van der Waals surface area (Å²) in [6, 6.07) is -0.883. The minimum Gasteiger partial charge on any atom is -0.480 e. The van der Waals surface area contributed by atoms with E-state index in [9.17, 15) is 9.18 Å². The van der Waals surface area contributed by atoms with Gasteiger partial charge in [-0.2, -0.15) is 0 Å². The van der Waals surface area contributed by atoms with Crippen molar-refractivity contribution in [3.8, 4) is 0 Å². The molecule has 0 saturated heterocycles. The maximum absolute atomic E-state index is 13.4. The molecule has 0 fully saturated rings. The molecule has 0 heterocycles. The third kappa shape index (κ3) is 2.20. The molecular weight excluding hydrogens is 185 g/mol. The zero-order chi connectivity index (χ0) is 10.7. The minimum absolute atomic E-state index is 0.272. The number of carbonyl (C=O) groups is 1. The van der Waals surface area contributed by atoms with Crippen LogP contribution in [0.25, 0.3) is 0 Å². The van der Waals surface area contributed by atoms with Gasteiger partial charge in [0, 0.05) is 12.0 Å². The molecule has 0 amide bonds. The van der Waals surface area contributed by atoms with Crippen molar-refractivity contribution in [1.82, 2.24) is 4.90 Å². The molecule has 1 atom stereocenters. The number of halogens is 1. The highest BCUT2D eigenvalue weighted by molar-refractivity contribution is 5.78. The lowest BCUT2D eigenvalue weighted by molar-refractivity contribution is -0.140. The van der Waals surface area contributed by atoms with E-state index >= 15 is 0 Å². The van der Waals surface area contributed by atoms with Gasteiger partial charge in [0.25, 0.3) is 0 Å². The molecule has 0 aromatic heterocycles. The average Bonchev–Trinajstić information content (AvgIpc) is 2.07. The van der Waals surface area contributed by atoms with Crippen LogP contribution in [0.3, 0.4) is 0 Å². The standard InChI is InChI=1S/C10H14FNO2/c1-12(2)9(10(13)14)7-5-3-4-6-8(7)11/h3,5,9H,4,6H2,1-2H3,(H,13,14)/t9-/m1/s1. The van der Waals surface area contributed by atoms with Gasteiger partial charge in [0.1, 0.15) is 11.9 Å². The first-order valence-electron chi connectivity index (χ1n) is 4.48. The van der Waals surface area contributed by atoms with E-state index in [1.807, 2.05) is 0 Å². The third-order valence-electron chi connectivity index (χ3n) is 2.19. The van der Waals surface area contributed by atoms with Crippen LogP contribution >= 0.6 is 0 Å². The van der Waals surface area contributed by atoms with Crippen LogP contribution in [-0.2, 0) is 4.79 Å². The van der Waals surface area contributed by atoms with Gasteiger partial charge in [-0.25, -0.2) is 4.39 Å². The van der Waals surface area contributed by atoms with Crippen molar-refractivity contribution in [1.29, 1.82) is 0 Å². The first kappa shape index (κ1) is 10.9. The lowest BCUT2D eigenvalue weighted by atomic mass is 9.98. The number of carboxylic acids is 1. The van der Waals surface area contributed by atoms with E-state index in [2.05, 4.69) is 0 Å². The molecular formula is C10H14FNO2. The van der Waals surface area contributed by atoms with Gasteiger partial charge < -0.3 is 5.11 Å². The fourth-order valence-corrected chi connectivity index (χ4v) is 1.53. The van der Waals surface area contributed by atoms with Crippen LogP contribution in [0.5, 0.6) is 0 Å². The number of nitrogens with zero attached hydrogens (tertiary/aromatic N) is 1. The SMILES string of the molecule is CN(C)[C@@H](C(=O)O)C1=C(F)CCC=C1. The summed E-state index contributed by atoms with van der Waals surface area (Å²) < 4.78 is 13.4. The fourth-order valence-electron chi connectivity index (χ4n) is 1.53. The third-order valence-corrected chi connectivity index (χ3v) is 2.19. The summed E-state index contributed by atoms with van der Waals surface area (Å²) in [7, 11) is 3.25. The van der Waals surface area contributed by atoms with E-state index in [1.54, 1.807) is 26.2 Å². The van der Waals surface area contributed by atoms with Crippen molar-refractivity contribution in [2.45, 2.75) is 18.9 Å². The highest BCUT2D eigenvalue weighted by Crippen LogP contribution is 2.24. The Kier molecular flexibility index (Phi) is 3.41. The van der Waals surface area contributed by atoms with Gasteiger partial charge >= 0.3 is 5.97 Å². The summed E-state index contributed by atoms with van der Waals surface area (Å²) in [4.78, 5) is 12.4. The summed E-state index contributed by atoms with van der Waals surface area (Å²) in [5.74, 6) is -1.33. The predicted molar refractivity (Wildman–Crippen MR) is 51.6 cm³/mol. The smallest absolute Gasteiger partial charge is 0.325 e. The molecule has 3 nitrogen and oxygen atoms in total. The molecule has 1 aliphatic rings. The fraction of sp³-hybridized carbons (Fsp3) is 0.500. The van der Waals surface area contributed by atoms with Crippen LogP contribution < -0.4 is 0 Å². The van der Waals surface area contributed by atoms with E-state index < -0.39 is 12.0 Å². The second-order valence-electron chi connectivity index (χ2n) is 3.51. The Morgan fingerprint density at radius 2 is 2.29 bits per heavy atom. The second-order valence-corrected chi connectivity index (χ2v) is 3.51. The molecule has 0 saturated carbocycles. The lowest BCUT2D eigenvalue weighted by Gasteiger charge is -2.23. The number of carboxylic acid groups (broad SMARTS) is 1. The summed E-state index contributed by atoms with van der Waals surface area (Å²) >= 11 is 0. The molecule has 0 aromatic carbocycles. The van der Waals surface area contributed by atoms with Crippen LogP contribution in [0.1, 0.15) is 12.8 Å². The van der Waals surface area contributed by atoms with Crippen molar-refractivity contribution in [3.63, 3.8) is 0 Å². The Balaban J connectivity index is 2.99. The van der Waals surface area contributed by atoms with Crippen LogP contribution in [0.15, 0.2) is 23.6 Å². The van der Waals surface area contributed by atoms with Gasteiger partial charge in [0.05, 0.1) is 0 Å². The van der Waals surface area contributed by atoms with Gasteiger partial charge in [-0.05, 0) is 20.5 Å². The van der Waals surface area contributed by atoms with Crippen molar-refractivity contribution in [3.05, 3.63) is 23.6 Å². The predicted octanol–water partition coefficient (Wildman–Crippen LogP) is 1.57. The van der Waals surface area contributed by atoms with Crippen molar-refractivity contribution in [2.75, 3.05) is 14.1 Å². The van der Waals surface area contributed by atoms with Gasteiger partial charge in [0.15, 0.2) is 0 Å². The minimum atomic E-state index is -1.02. The Labute approximate surface area is 82.5 Å². The van der Waals surface area contributed by atoms with Crippen LogP contribution in [0, 0.1) is 0 Å². The van der Waals surface area contributed by atoms with Gasteiger partial charge in [-0.1, -0.05) is 12.2 Å². The van der Waals surface area contributed by atoms with Crippen molar-refractivity contribution < 1.29 is 14.3 Å². The number of aliphatic carboxylic acids is 1. The number of allylic oxidation sites excluding steroid dienone is 2. The number of rotatable bonds is 3. The van der Waals surface area contributed by atoms with Gasteiger partial charge in [-0.3, -0.25) is 9.69 Å². The summed E-state index contributed by atoms with van der Waals surface area (Å²) in [5, 5.41) is 8.94. The molecule has 0 bridgehead atoms. The van der Waals surface area contributed by atoms with E-state index in [1.165, 1.54) is 4.90 Å². The molecule has 1 rings (SSSR count). The molecule has 0 spiro atoms. The Morgan fingerprint density at radius 3 is 2.71 bits per heavy atom.